The van der Waals surface area contributed by atoms with E-state index in [1.165, 1.54) is 16.3 Å². The summed E-state index contributed by atoms with van der Waals surface area (Å²) in [5.41, 5.74) is 3.14. The Morgan fingerprint density at radius 1 is 1.14 bits per heavy atom. The lowest BCUT2D eigenvalue weighted by Gasteiger charge is -2.25. The molecule has 1 N–H and O–H groups in total. The normalized spacial score (nSPS) is 17.0. The van der Waals surface area contributed by atoms with Crippen LogP contribution in [0.5, 0.6) is 5.75 Å². The van der Waals surface area contributed by atoms with E-state index < -0.39 is 0 Å². The Bertz CT molecular complexity index is 994. The second kappa shape index (κ2) is 8.03. The average Bonchev–Trinajstić information content (AvgIpc) is 3.15. The number of rotatable bonds is 5. The van der Waals surface area contributed by atoms with Crippen LogP contribution in [-0.2, 0) is 4.79 Å². The number of carbonyl (C=O) groups is 1. The molecule has 1 heterocycles. The number of nitrogens with zero attached hydrogens (tertiary/aromatic N) is 1. The summed E-state index contributed by atoms with van der Waals surface area (Å²) in [6.07, 6.45) is 2.18. The third-order valence-corrected chi connectivity index (χ3v) is 5.52. The average molecular weight is 374 g/mol. The van der Waals surface area contributed by atoms with Crippen molar-refractivity contribution in [2.24, 2.45) is 0 Å². The maximum Gasteiger partial charge on any atom is 0.238 e. The van der Waals surface area contributed by atoms with Crippen LogP contribution in [-0.4, -0.2) is 31.0 Å². The number of aryl methyl sites for hydroxylation is 1. The van der Waals surface area contributed by atoms with Crippen LogP contribution in [0.25, 0.3) is 10.8 Å². The molecule has 0 aliphatic carbocycles. The molecular weight excluding hydrogens is 348 g/mol. The third-order valence-electron chi connectivity index (χ3n) is 5.52. The molecule has 0 aromatic heterocycles. The maximum atomic E-state index is 12.8. The van der Waals surface area contributed by atoms with Crippen molar-refractivity contribution < 1.29 is 9.53 Å². The maximum absolute atomic E-state index is 12.8. The predicted octanol–water partition coefficient (Wildman–Crippen LogP) is 4.93. The highest BCUT2D eigenvalue weighted by atomic mass is 16.5. The van der Waals surface area contributed by atoms with E-state index in [1.807, 2.05) is 25.1 Å². The van der Waals surface area contributed by atoms with E-state index in [9.17, 15) is 4.79 Å². The van der Waals surface area contributed by atoms with Crippen molar-refractivity contribution >= 4 is 22.4 Å². The highest BCUT2D eigenvalue weighted by Gasteiger charge is 2.28. The molecule has 4 heteroatoms. The number of carbonyl (C=O) groups excluding carboxylic acids is 1. The van der Waals surface area contributed by atoms with E-state index in [2.05, 4.69) is 52.7 Å². The van der Waals surface area contributed by atoms with Crippen molar-refractivity contribution in [3.63, 3.8) is 0 Å². The molecule has 28 heavy (non-hydrogen) atoms. The minimum atomic E-state index is -0.00367. The van der Waals surface area contributed by atoms with Crippen LogP contribution < -0.4 is 10.1 Å². The zero-order valence-corrected chi connectivity index (χ0v) is 16.4. The Labute approximate surface area is 166 Å². The van der Waals surface area contributed by atoms with Crippen molar-refractivity contribution in [3.8, 4) is 5.75 Å². The second-order valence-corrected chi connectivity index (χ2v) is 7.45. The van der Waals surface area contributed by atoms with Gasteiger partial charge in [0, 0.05) is 6.04 Å². The first kappa shape index (κ1) is 18.5. The topological polar surface area (TPSA) is 41.6 Å². The van der Waals surface area contributed by atoms with E-state index >= 15 is 0 Å². The van der Waals surface area contributed by atoms with Crippen LogP contribution in [0.3, 0.4) is 0 Å². The Morgan fingerprint density at radius 2 is 1.96 bits per heavy atom. The number of anilines is 1. The number of amides is 1. The summed E-state index contributed by atoms with van der Waals surface area (Å²) >= 11 is 0. The van der Waals surface area contributed by atoms with E-state index in [1.54, 1.807) is 7.11 Å². The number of benzene rings is 3. The second-order valence-electron chi connectivity index (χ2n) is 7.45. The molecular formula is C24H26N2O2. The molecule has 0 spiro atoms. The number of methoxy groups -OCH3 is 1. The summed E-state index contributed by atoms with van der Waals surface area (Å²) in [5.74, 6) is 0.682. The zero-order valence-electron chi connectivity index (χ0n) is 16.4. The first-order valence-corrected chi connectivity index (χ1v) is 9.82. The molecule has 1 amide bonds. The van der Waals surface area contributed by atoms with Gasteiger partial charge in [-0.2, -0.15) is 0 Å². The van der Waals surface area contributed by atoms with Crippen LogP contribution in [0.2, 0.25) is 0 Å². The van der Waals surface area contributed by atoms with Gasteiger partial charge in [0.15, 0.2) is 0 Å². The molecule has 3 aromatic rings. The van der Waals surface area contributed by atoms with Gasteiger partial charge in [-0.1, -0.05) is 48.5 Å². The predicted molar refractivity (Wildman–Crippen MR) is 114 cm³/mol. The van der Waals surface area contributed by atoms with E-state index in [0.29, 0.717) is 12.3 Å². The summed E-state index contributed by atoms with van der Waals surface area (Å²) in [6.45, 7) is 3.32. The summed E-state index contributed by atoms with van der Waals surface area (Å²) in [5, 5.41) is 5.56. The number of nitrogens with one attached hydrogen (secondary N) is 1. The highest BCUT2D eigenvalue weighted by Crippen LogP contribution is 2.35. The minimum absolute atomic E-state index is 0.00367. The SMILES string of the molecule is COc1ccc(C)cc1NC(=O)CN1CCCC1c1cccc2ccccc12. The zero-order chi connectivity index (χ0) is 19.5. The Hall–Kier alpha value is -2.85. The van der Waals surface area contributed by atoms with Crippen LogP contribution in [0.4, 0.5) is 5.69 Å². The van der Waals surface area contributed by atoms with Gasteiger partial charge in [-0.3, -0.25) is 9.69 Å². The van der Waals surface area contributed by atoms with Gasteiger partial charge in [0.25, 0.3) is 0 Å². The summed E-state index contributed by atoms with van der Waals surface area (Å²) in [4.78, 5) is 15.1. The van der Waals surface area contributed by atoms with Crippen molar-refractivity contribution in [1.29, 1.82) is 0 Å². The van der Waals surface area contributed by atoms with Gasteiger partial charge >= 0.3 is 0 Å². The number of fused-ring (bicyclic) bond motifs is 1. The van der Waals surface area contributed by atoms with Crippen LogP contribution in [0.15, 0.2) is 60.7 Å². The monoisotopic (exact) mass is 374 g/mol. The van der Waals surface area contributed by atoms with Crippen LogP contribution >= 0.6 is 0 Å². The lowest BCUT2D eigenvalue weighted by Crippen LogP contribution is -2.33. The molecule has 1 unspecified atom stereocenters. The van der Waals surface area contributed by atoms with E-state index in [0.717, 1.165) is 30.6 Å². The lowest BCUT2D eigenvalue weighted by molar-refractivity contribution is -0.117. The number of hydrogen-bond donors (Lipinski definition) is 1. The first-order chi connectivity index (χ1) is 13.7. The number of ether oxygens (including phenoxy) is 1. The van der Waals surface area contributed by atoms with Gasteiger partial charge in [-0.15, -0.1) is 0 Å². The van der Waals surface area contributed by atoms with Gasteiger partial charge in [-0.25, -0.2) is 0 Å². The van der Waals surface area contributed by atoms with Crippen molar-refractivity contribution in [3.05, 3.63) is 71.8 Å². The molecule has 3 aromatic carbocycles. The fourth-order valence-corrected chi connectivity index (χ4v) is 4.20. The van der Waals surface area contributed by atoms with E-state index in [4.69, 9.17) is 4.74 Å². The fraction of sp³-hybridized carbons (Fsp3) is 0.292. The standard InChI is InChI=1S/C24H26N2O2/c1-17-12-13-23(28-2)21(15-17)25-24(27)16-26-14-6-11-22(26)20-10-5-8-18-7-3-4-9-19(18)20/h3-5,7-10,12-13,15,22H,6,11,14,16H2,1-2H3,(H,25,27). The molecule has 0 radical (unpaired) electrons. The number of likely N-dealkylation sites (tertiary alicyclic amines) is 1. The molecule has 1 saturated heterocycles. The smallest absolute Gasteiger partial charge is 0.238 e. The minimum Gasteiger partial charge on any atom is -0.495 e. The molecule has 144 valence electrons. The molecule has 4 nitrogen and oxygen atoms in total. The molecule has 0 bridgehead atoms. The lowest BCUT2D eigenvalue weighted by atomic mass is 9.97. The van der Waals surface area contributed by atoms with Gasteiger partial charge in [0.05, 0.1) is 19.3 Å². The Kier molecular flexibility index (Phi) is 5.31. The van der Waals surface area contributed by atoms with Crippen LogP contribution in [0, 0.1) is 6.92 Å². The van der Waals surface area contributed by atoms with Gasteiger partial charge in [0.1, 0.15) is 5.75 Å². The van der Waals surface area contributed by atoms with Gasteiger partial charge < -0.3 is 10.1 Å². The van der Waals surface area contributed by atoms with E-state index in [-0.39, 0.29) is 11.9 Å². The van der Waals surface area contributed by atoms with Gasteiger partial charge in [0.2, 0.25) is 5.91 Å². The largest absolute Gasteiger partial charge is 0.495 e. The highest BCUT2D eigenvalue weighted by molar-refractivity contribution is 5.94. The molecule has 1 atom stereocenters. The molecule has 1 aliphatic heterocycles. The van der Waals surface area contributed by atoms with Gasteiger partial charge in [-0.05, 0) is 60.3 Å². The van der Waals surface area contributed by atoms with Crippen molar-refractivity contribution in [1.82, 2.24) is 4.90 Å². The summed E-state index contributed by atoms with van der Waals surface area (Å²) in [7, 11) is 1.62. The van der Waals surface area contributed by atoms with Crippen LogP contribution in [0.1, 0.15) is 30.0 Å². The number of hydrogen-bond acceptors (Lipinski definition) is 3. The van der Waals surface area contributed by atoms with Crippen molar-refractivity contribution in [2.45, 2.75) is 25.8 Å². The fourth-order valence-electron chi connectivity index (χ4n) is 4.20. The third kappa shape index (κ3) is 3.73. The molecule has 0 saturated carbocycles. The quantitative estimate of drug-likeness (QED) is 0.688. The molecule has 1 aliphatic rings. The summed E-state index contributed by atoms with van der Waals surface area (Å²) < 4.78 is 5.38. The Morgan fingerprint density at radius 3 is 2.82 bits per heavy atom. The molecule has 4 rings (SSSR count). The summed E-state index contributed by atoms with van der Waals surface area (Å²) in [6, 6.07) is 21.0. The Balaban J connectivity index is 1.53. The first-order valence-electron chi connectivity index (χ1n) is 9.82. The molecule has 1 fully saturated rings. The van der Waals surface area contributed by atoms with Crippen molar-refractivity contribution in [2.75, 3.05) is 25.5 Å².